The molecule has 0 saturated carbocycles. The zero-order chi connectivity index (χ0) is 21.6. The maximum Gasteiger partial charge on any atom is 0.262 e. The van der Waals surface area contributed by atoms with E-state index in [9.17, 15) is 9.59 Å². The van der Waals surface area contributed by atoms with E-state index in [0.717, 1.165) is 46.5 Å². The number of carbonyl (C=O) groups is 1. The largest absolute Gasteiger partial charge is 0.324 e. The minimum atomic E-state index is -0.219. The summed E-state index contributed by atoms with van der Waals surface area (Å²) in [5.41, 5.74) is 4.15. The SMILES string of the molecule is Cc1ccc(C)c(NC(=O)Cn2cnc3sc4c(c3c2=O)CC[C@@H](C(C)(C)C)C4)c1. The fraction of sp³-hybridized carbons (Fsp3) is 0.458. The highest BCUT2D eigenvalue weighted by atomic mass is 32.1. The Bertz CT molecular complexity index is 1180. The number of thiophene rings is 1. The number of nitrogens with zero attached hydrogens (tertiary/aromatic N) is 2. The molecule has 1 atom stereocenters. The van der Waals surface area contributed by atoms with E-state index in [0.29, 0.717) is 11.3 Å². The standard InChI is InChI=1S/C24H29N3O2S/c1-14-6-7-15(2)18(10-14)26-20(28)12-27-13-25-22-21(23(27)29)17-9-8-16(24(3,4)5)11-19(17)30-22/h6-7,10,13,16H,8-9,11-12H2,1-5H3,(H,26,28)/t16-/m1/s1. The van der Waals surface area contributed by atoms with Crippen molar-refractivity contribution in [1.29, 1.82) is 0 Å². The van der Waals surface area contributed by atoms with Gasteiger partial charge in [-0.05, 0) is 67.2 Å². The van der Waals surface area contributed by atoms with Crippen LogP contribution in [-0.4, -0.2) is 15.5 Å². The molecule has 5 nitrogen and oxygen atoms in total. The van der Waals surface area contributed by atoms with Crippen LogP contribution in [0.15, 0.2) is 29.3 Å². The van der Waals surface area contributed by atoms with Gasteiger partial charge in [-0.3, -0.25) is 14.2 Å². The number of hydrogen-bond donors (Lipinski definition) is 1. The van der Waals surface area contributed by atoms with Gasteiger partial charge in [-0.15, -0.1) is 11.3 Å². The minimum absolute atomic E-state index is 0.0373. The molecule has 1 aromatic carbocycles. The summed E-state index contributed by atoms with van der Waals surface area (Å²) in [6, 6.07) is 5.93. The first-order chi connectivity index (χ1) is 14.1. The first kappa shape index (κ1) is 20.8. The third kappa shape index (κ3) is 3.93. The highest BCUT2D eigenvalue weighted by Gasteiger charge is 2.31. The number of amides is 1. The lowest BCUT2D eigenvalue weighted by molar-refractivity contribution is -0.116. The lowest BCUT2D eigenvalue weighted by Gasteiger charge is -2.33. The zero-order valence-corrected chi connectivity index (χ0v) is 19.2. The molecule has 0 fully saturated rings. The van der Waals surface area contributed by atoms with E-state index in [1.165, 1.54) is 15.8 Å². The second-order valence-corrected chi connectivity index (χ2v) is 10.6. The maximum absolute atomic E-state index is 13.2. The normalized spacial score (nSPS) is 16.5. The van der Waals surface area contributed by atoms with E-state index in [-0.39, 0.29) is 23.4 Å². The summed E-state index contributed by atoms with van der Waals surface area (Å²) >= 11 is 1.64. The first-order valence-electron chi connectivity index (χ1n) is 10.5. The zero-order valence-electron chi connectivity index (χ0n) is 18.3. The van der Waals surface area contributed by atoms with Gasteiger partial charge in [0.2, 0.25) is 5.91 Å². The van der Waals surface area contributed by atoms with Gasteiger partial charge in [0.15, 0.2) is 0 Å². The van der Waals surface area contributed by atoms with Gasteiger partial charge in [-0.1, -0.05) is 32.9 Å². The van der Waals surface area contributed by atoms with Crippen LogP contribution in [-0.2, 0) is 24.2 Å². The lowest BCUT2D eigenvalue weighted by atomic mass is 9.72. The van der Waals surface area contributed by atoms with Crippen LogP contribution < -0.4 is 10.9 Å². The Kier molecular flexibility index (Phi) is 5.30. The number of aryl methyl sites for hydroxylation is 3. The second kappa shape index (κ2) is 7.65. The van der Waals surface area contributed by atoms with Crippen LogP contribution in [0.4, 0.5) is 5.69 Å². The minimum Gasteiger partial charge on any atom is -0.324 e. The van der Waals surface area contributed by atoms with Gasteiger partial charge in [0.25, 0.3) is 5.56 Å². The molecule has 1 N–H and O–H groups in total. The Balaban J connectivity index is 1.61. The van der Waals surface area contributed by atoms with Crippen molar-refractivity contribution >= 4 is 33.1 Å². The predicted molar refractivity (Wildman–Crippen MR) is 123 cm³/mol. The Labute approximate surface area is 181 Å². The predicted octanol–water partition coefficient (Wildman–Crippen LogP) is 4.86. The van der Waals surface area contributed by atoms with Gasteiger partial charge in [0.05, 0.1) is 11.7 Å². The molecule has 4 rings (SSSR count). The van der Waals surface area contributed by atoms with Gasteiger partial charge in [-0.2, -0.15) is 0 Å². The molecule has 1 amide bonds. The van der Waals surface area contributed by atoms with E-state index < -0.39 is 0 Å². The topological polar surface area (TPSA) is 64.0 Å². The number of hydrogen-bond acceptors (Lipinski definition) is 4. The summed E-state index contributed by atoms with van der Waals surface area (Å²) in [5, 5.41) is 3.64. The number of fused-ring (bicyclic) bond motifs is 3. The van der Waals surface area contributed by atoms with Crippen molar-refractivity contribution in [3.63, 3.8) is 0 Å². The van der Waals surface area contributed by atoms with Crippen LogP contribution in [0.3, 0.4) is 0 Å². The summed E-state index contributed by atoms with van der Waals surface area (Å²) < 4.78 is 1.44. The lowest BCUT2D eigenvalue weighted by Crippen LogP contribution is -2.29. The number of carbonyl (C=O) groups excluding carboxylic acids is 1. The van der Waals surface area contributed by atoms with E-state index in [1.807, 2.05) is 32.0 Å². The molecule has 6 heteroatoms. The van der Waals surface area contributed by atoms with Crippen molar-refractivity contribution in [1.82, 2.24) is 9.55 Å². The molecule has 1 aliphatic carbocycles. The molecule has 0 unspecified atom stereocenters. The summed E-state index contributed by atoms with van der Waals surface area (Å²) in [6.07, 6.45) is 4.51. The molecule has 30 heavy (non-hydrogen) atoms. The molecule has 0 aliphatic heterocycles. The Morgan fingerprint density at radius 1 is 1.30 bits per heavy atom. The van der Waals surface area contributed by atoms with Gasteiger partial charge in [-0.25, -0.2) is 4.98 Å². The smallest absolute Gasteiger partial charge is 0.262 e. The molecular formula is C24H29N3O2S. The summed E-state index contributed by atoms with van der Waals surface area (Å²) in [4.78, 5) is 32.4. The van der Waals surface area contributed by atoms with Gasteiger partial charge >= 0.3 is 0 Å². The molecule has 0 spiro atoms. The summed E-state index contributed by atoms with van der Waals surface area (Å²) in [7, 11) is 0. The van der Waals surface area contributed by atoms with E-state index >= 15 is 0 Å². The van der Waals surface area contributed by atoms with Crippen LogP contribution in [0.5, 0.6) is 0 Å². The third-order valence-electron chi connectivity index (χ3n) is 6.24. The number of benzene rings is 1. The number of anilines is 1. The molecule has 2 heterocycles. The summed E-state index contributed by atoms with van der Waals surface area (Å²) in [6.45, 7) is 10.8. The van der Waals surface area contributed by atoms with Crippen LogP contribution in [0, 0.1) is 25.2 Å². The first-order valence-corrected chi connectivity index (χ1v) is 11.3. The Morgan fingerprint density at radius 3 is 2.80 bits per heavy atom. The van der Waals surface area contributed by atoms with Crippen molar-refractivity contribution in [3.8, 4) is 0 Å². The van der Waals surface area contributed by atoms with Gasteiger partial charge in [0.1, 0.15) is 11.4 Å². The van der Waals surface area contributed by atoms with E-state index in [1.54, 1.807) is 11.3 Å². The highest BCUT2D eigenvalue weighted by molar-refractivity contribution is 7.18. The van der Waals surface area contributed by atoms with Crippen LogP contribution >= 0.6 is 11.3 Å². The molecule has 0 bridgehead atoms. The van der Waals surface area contributed by atoms with Crippen molar-refractivity contribution in [2.24, 2.45) is 11.3 Å². The van der Waals surface area contributed by atoms with Crippen molar-refractivity contribution in [3.05, 3.63) is 56.4 Å². The second-order valence-electron chi connectivity index (χ2n) is 9.53. The number of aromatic nitrogens is 2. The molecule has 0 radical (unpaired) electrons. The van der Waals surface area contributed by atoms with Crippen LogP contribution in [0.1, 0.15) is 48.8 Å². The van der Waals surface area contributed by atoms with Crippen molar-refractivity contribution < 1.29 is 4.79 Å². The maximum atomic E-state index is 13.2. The fourth-order valence-corrected chi connectivity index (χ4v) is 5.53. The monoisotopic (exact) mass is 423 g/mol. The highest BCUT2D eigenvalue weighted by Crippen LogP contribution is 2.41. The average Bonchev–Trinajstić information content (AvgIpc) is 3.04. The molecule has 1 aliphatic rings. The molecular weight excluding hydrogens is 394 g/mol. The van der Waals surface area contributed by atoms with Gasteiger partial charge < -0.3 is 5.32 Å². The summed E-state index contributed by atoms with van der Waals surface area (Å²) in [5.74, 6) is 0.396. The Morgan fingerprint density at radius 2 is 2.07 bits per heavy atom. The fourth-order valence-electron chi connectivity index (χ4n) is 4.27. The molecule has 3 aromatic rings. The molecule has 2 aromatic heterocycles. The molecule has 0 saturated heterocycles. The van der Waals surface area contributed by atoms with Crippen molar-refractivity contribution in [2.75, 3.05) is 5.32 Å². The van der Waals surface area contributed by atoms with Crippen LogP contribution in [0.25, 0.3) is 10.2 Å². The van der Waals surface area contributed by atoms with E-state index in [4.69, 9.17) is 0 Å². The number of rotatable bonds is 3. The van der Waals surface area contributed by atoms with Crippen LogP contribution in [0.2, 0.25) is 0 Å². The Hall–Kier alpha value is -2.47. The van der Waals surface area contributed by atoms with E-state index in [2.05, 4.69) is 31.1 Å². The number of nitrogens with one attached hydrogen (secondary N) is 1. The quantitative estimate of drug-likeness (QED) is 0.654. The molecule has 158 valence electrons. The average molecular weight is 424 g/mol. The van der Waals surface area contributed by atoms with Crippen molar-refractivity contribution in [2.45, 2.75) is 60.4 Å². The van der Waals surface area contributed by atoms with Gasteiger partial charge in [0, 0.05) is 10.6 Å². The third-order valence-corrected chi connectivity index (χ3v) is 7.40.